The zero-order chi connectivity index (χ0) is 18.9. The maximum absolute atomic E-state index is 13.3. The Labute approximate surface area is 158 Å². The van der Waals surface area contributed by atoms with Crippen LogP contribution in [0.3, 0.4) is 0 Å². The van der Waals surface area contributed by atoms with Crippen LogP contribution in [0.4, 0.5) is 8.78 Å². The SMILES string of the molecule is O=C(NC[C@H](c1ccc(F)cc1)N1CCCC1)C1(c2ccc(F)cc2)CC1. The molecule has 0 spiro atoms. The van der Waals surface area contributed by atoms with E-state index < -0.39 is 5.41 Å². The average Bonchev–Trinajstić information content (AvgIpc) is 3.31. The van der Waals surface area contributed by atoms with Crippen LogP contribution in [-0.2, 0) is 10.2 Å². The van der Waals surface area contributed by atoms with Crippen LogP contribution in [0.2, 0.25) is 0 Å². The fourth-order valence-electron chi connectivity index (χ4n) is 4.10. The van der Waals surface area contributed by atoms with Gasteiger partial charge < -0.3 is 5.32 Å². The van der Waals surface area contributed by atoms with Gasteiger partial charge in [-0.3, -0.25) is 9.69 Å². The first-order chi connectivity index (χ1) is 13.1. The lowest BCUT2D eigenvalue weighted by atomic mass is 9.94. The molecule has 1 aliphatic carbocycles. The topological polar surface area (TPSA) is 32.3 Å². The van der Waals surface area contributed by atoms with E-state index in [9.17, 15) is 13.6 Å². The second kappa shape index (κ2) is 7.39. The van der Waals surface area contributed by atoms with Gasteiger partial charge in [0, 0.05) is 6.54 Å². The van der Waals surface area contributed by atoms with Crippen LogP contribution in [0, 0.1) is 11.6 Å². The van der Waals surface area contributed by atoms with E-state index in [-0.39, 0.29) is 23.6 Å². The molecule has 2 aromatic rings. The van der Waals surface area contributed by atoms with E-state index in [1.165, 1.54) is 24.3 Å². The summed E-state index contributed by atoms with van der Waals surface area (Å²) >= 11 is 0. The number of carbonyl (C=O) groups is 1. The Bertz CT molecular complexity index is 794. The van der Waals surface area contributed by atoms with E-state index in [2.05, 4.69) is 10.2 Å². The highest BCUT2D eigenvalue weighted by atomic mass is 19.1. The number of nitrogens with one attached hydrogen (secondary N) is 1. The largest absolute Gasteiger partial charge is 0.353 e. The fraction of sp³-hybridized carbons (Fsp3) is 0.409. The number of amides is 1. The molecule has 0 unspecified atom stereocenters. The summed E-state index contributed by atoms with van der Waals surface area (Å²) in [4.78, 5) is 15.3. The van der Waals surface area contributed by atoms with E-state index >= 15 is 0 Å². The van der Waals surface area contributed by atoms with Crippen molar-refractivity contribution in [2.45, 2.75) is 37.1 Å². The molecule has 1 amide bonds. The number of likely N-dealkylation sites (tertiary alicyclic amines) is 1. The van der Waals surface area contributed by atoms with Crippen LogP contribution in [0.1, 0.15) is 42.9 Å². The molecule has 0 radical (unpaired) electrons. The highest BCUT2D eigenvalue weighted by molar-refractivity contribution is 5.91. The van der Waals surface area contributed by atoms with Gasteiger partial charge in [-0.05, 0) is 74.2 Å². The van der Waals surface area contributed by atoms with E-state index in [1.807, 2.05) is 0 Å². The molecule has 0 aromatic heterocycles. The van der Waals surface area contributed by atoms with Crippen LogP contribution in [0.5, 0.6) is 0 Å². The summed E-state index contributed by atoms with van der Waals surface area (Å²) in [5.41, 5.74) is 1.37. The summed E-state index contributed by atoms with van der Waals surface area (Å²) in [5, 5.41) is 3.12. The number of nitrogens with zero attached hydrogens (tertiary/aromatic N) is 1. The number of benzene rings is 2. The standard InChI is InChI=1S/C22H24F2N2O/c23-18-7-3-16(4-8-18)20(26-13-1-2-14-26)15-25-21(27)22(11-12-22)17-5-9-19(24)10-6-17/h3-10,20H,1-2,11-15H2,(H,25,27)/t20-/m1/s1. The summed E-state index contributed by atoms with van der Waals surface area (Å²) in [5.74, 6) is -0.544. The Morgan fingerprint density at radius 2 is 1.52 bits per heavy atom. The van der Waals surface area contributed by atoms with Crippen LogP contribution >= 0.6 is 0 Å². The maximum atomic E-state index is 13.3. The van der Waals surface area contributed by atoms with Gasteiger partial charge in [0.05, 0.1) is 11.5 Å². The molecule has 1 heterocycles. The first-order valence-corrected chi connectivity index (χ1v) is 9.62. The molecule has 1 aliphatic heterocycles. The lowest BCUT2D eigenvalue weighted by molar-refractivity contribution is -0.123. The molecule has 5 heteroatoms. The van der Waals surface area contributed by atoms with Gasteiger partial charge in [0.1, 0.15) is 11.6 Å². The Balaban J connectivity index is 1.48. The van der Waals surface area contributed by atoms with Gasteiger partial charge >= 0.3 is 0 Å². The van der Waals surface area contributed by atoms with Crippen molar-refractivity contribution in [3.05, 3.63) is 71.3 Å². The van der Waals surface area contributed by atoms with Crippen molar-refractivity contribution in [3.8, 4) is 0 Å². The van der Waals surface area contributed by atoms with E-state index in [0.29, 0.717) is 6.54 Å². The van der Waals surface area contributed by atoms with Crippen molar-refractivity contribution in [2.75, 3.05) is 19.6 Å². The third-order valence-corrected chi connectivity index (χ3v) is 5.87. The van der Waals surface area contributed by atoms with Gasteiger partial charge in [0.2, 0.25) is 5.91 Å². The smallest absolute Gasteiger partial charge is 0.230 e. The van der Waals surface area contributed by atoms with Crippen LogP contribution in [0.15, 0.2) is 48.5 Å². The van der Waals surface area contributed by atoms with Crippen molar-refractivity contribution < 1.29 is 13.6 Å². The number of carbonyl (C=O) groups excluding carboxylic acids is 1. The number of rotatable bonds is 6. The molecule has 2 aliphatic rings. The minimum absolute atomic E-state index is 0.000386. The molecule has 4 rings (SSSR count). The normalized spacial score (nSPS) is 19.6. The van der Waals surface area contributed by atoms with E-state index in [0.717, 1.165) is 49.9 Å². The molecule has 1 N–H and O–H groups in total. The number of halogens is 2. The molecule has 27 heavy (non-hydrogen) atoms. The van der Waals surface area contributed by atoms with Crippen molar-refractivity contribution >= 4 is 5.91 Å². The zero-order valence-electron chi connectivity index (χ0n) is 15.3. The lowest BCUT2D eigenvalue weighted by Crippen LogP contribution is -2.41. The summed E-state index contributed by atoms with van der Waals surface area (Å²) in [6.45, 7) is 2.47. The van der Waals surface area contributed by atoms with Crippen molar-refractivity contribution in [1.29, 1.82) is 0 Å². The van der Waals surface area contributed by atoms with Crippen molar-refractivity contribution in [2.24, 2.45) is 0 Å². The third kappa shape index (κ3) is 3.74. The molecular weight excluding hydrogens is 346 g/mol. The van der Waals surface area contributed by atoms with Gasteiger partial charge in [0.25, 0.3) is 0 Å². The monoisotopic (exact) mass is 370 g/mol. The summed E-state index contributed by atoms with van der Waals surface area (Å²) in [6.07, 6.45) is 3.86. The third-order valence-electron chi connectivity index (χ3n) is 5.87. The second-order valence-corrected chi connectivity index (χ2v) is 7.61. The second-order valence-electron chi connectivity index (χ2n) is 7.61. The lowest BCUT2D eigenvalue weighted by Gasteiger charge is -2.29. The van der Waals surface area contributed by atoms with Gasteiger partial charge in [0.15, 0.2) is 0 Å². The van der Waals surface area contributed by atoms with Crippen molar-refractivity contribution in [1.82, 2.24) is 10.2 Å². The van der Waals surface area contributed by atoms with Gasteiger partial charge in [-0.1, -0.05) is 24.3 Å². The first kappa shape index (κ1) is 18.1. The van der Waals surface area contributed by atoms with Crippen LogP contribution in [0.25, 0.3) is 0 Å². The van der Waals surface area contributed by atoms with Crippen LogP contribution in [-0.4, -0.2) is 30.4 Å². The molecule has 2 aromatic carbocycles. The minimum Gasteiger partial charge on any atom is -0.353 e. The molecule has 3 nitrogen and oxygen atoms in total. The molecule has 142 valence electrons. The zero-order valence-corrected chi connectivity index (χ0v) is 15.3. The summed E-state index contributed by atoms with van der Waals surface area (Å²) < 4.78 is 26.5. The molecule has 1 saturated heterocycles. The van der Waals surface area contributed by atoms with Gasteiger partial charge in [-0.25, -0.2) is 8.78 Å². The maximum Gasteiger partial charge on any atom is 0.230 e. The van der Waals surface area contributed by atoms with Gasteiger partial charge in [-0.2, -0.15) is 0 Å². The highest BCUT2D eigenvalue weighted by Crippen LogP contribution is 2.48. The predicted molar refractivity (Wildman–Crippen MR) is 100 cm³/mol. The summed E-state index contributed by atoms with van der Waals surface area (Å²) in [6, 6.07) is 12.8. The van der Waals surface area contributed by atoms with E-state index in [4.69, 9.17) is 0 Å². The minimum atomic E-state index is -0.522. The molecule has 0 bridgehead atoms. The quantitative estimate of drug-likeness (QED) is 0.835. The van der Waals surface area contributed by atoms with Gasteiger partial charge in [-0.15, -0.1) is 0 Å². The molecular formula is C22H24F2N2O. The molecule has 1 saturated carbocycles. The molecule has 2 fully saturated rings. The van der Waals surface area contributed by atoms with Crippen LogP contribution < -0.4 is 5.32 Å². The number of hydrogen-bond donors (Lipinski definition) is 1. The highest BCUT2D eigenvalue weighted by Gasteiger charge is 2.51. The van der Waals surface area contributed by atoms with Crippen molar-refractivity contribution in [3.63, 3.8) is 0 Å². The predicted octanol–water partition coefficient (Wildman–Crippen LogP) is 3.95. The Hall–Kier alpha value is -2.27. The first-order valence-electron chi connectivity index (χ1n) is 9.62. The molecule has 1 atom stereocenters. The fourth-order valence-corrected chi connectivity index (χ4v) is 4.10. The summed E-state index contributed by atoms with van der Waals surface area (Å²) in [7, 11) is 0. The number of hydrogen-bond acceptors (Lipinski definition) is 2. The Morgan fingerprint density at radius 3 is 2.07 bits per heavy atom. The Morgan fingerprint density at radius 1 is 0.963 bits per heavy atom. The Kier molecular flexibility index (Phi) is 4.96. The average molecular weight is 370 g/mol. The van der Waals surface area contributed by atoms with E-state index in [1.54, 1.807) is 24.3 Å².